The SMILES string of the molecule is CC(=O)/C(=C\c1cccc(Cl)c1Cl)C(=O)OC(C)CCl. The normalized spacial score (nSPS) is 12.9. The molecular formula is C14H13Cl3O3. The number of Topliss-reactive ketones (excluding diaryl/α,β-unsaturated/α-hetero) is 1. The van der Waals surface area contributed by atoms with E-state index in [1.807, 2.05) is 0 Å². The van der Waals surface area contributed by atoms with E-state index in [1.54, 1.807) is 25.1 Å². The van der Waals surface area contributed by atoms with E-state index in [2.05, 4.69) is 0 Å². The zero-order chi connectivity index (χ0) is 15.3. The van der Waals surface area contributed by atoms with Gasteiger partial charge in [-0.3, -0.25) is 4.79 Å². The summed E-state index contributed by atoms with van der Waals surface area (Å²) in [6, 6.07) is 4.93. The zero-order valence-electron chi connectivity index (χ0n) is 11.0. The predicted molar refractivity (Wildman–Crippen MR) is 81.4 cm³/mol. The number of benzene rings is 1. The highest BCUT2D eigenvalue weighted by molar-refractivity contribution is 6.43. The van der Waals surface area contributed by atoms with Crippen LogP contribution < -0.4 is 0 Å². The Bertz CT molecular complexity index is 553. The van der Waals surface area contributed by atoms with Crippen LogP contribution in [0.5, 0.6) is 0 Å². The molecule has 0 aliphatic rings. The average molecular weight is 336 g/mol. The van der Waals surface area contributed by atoms with Gasteiger partial charge in [-0.15, -0.1) is 11.6 Å². The van der Waals surface area contributed by atoms with Gasteiger partial charge >= 0.3 is 5.97 Å². The van der Waals surface area contributed by atoms with Crippen molar-refractivity contribution in [1.82, 2.24) is 0 Å². The molecule has 1 aromatic carbocycles. The van der Waals surface area contributed by atoms with Crippen LogP contribution in [0, 0.1) is 0 Å². The second-order valence-electron chi connectivity index (χ2n) is 4.13. The Morgan fingerprint density at radius 2 is 2.00 bits per heavy atom. The maximum Gasteiger partial charge on any atom is 0.342 e. The molecule has 1 rings (SSSR count). The van der Waals surface area contributed by atoms with Crippen LogP contribution in [0.1, 0.15) is 19.4 Å². The third-order valence-electron chi connectivity index (χ3n) is 2.41. The fraction of sp³-hybridized carbons (Fsp3) is 0.286. The Hall–Kier alpha value is -1.03. The van der Waals surface area contributed by atoms with E-state index in [0.717, 1.165) is 0 Å². The highest BCUT2D eigenvalue weighted by Gasteiger charge is 2.19. The summed E-state index contributed by atoms with van der Waals surface area (Å²) >= 11 is 17.5. The maximum absolute atomic E-state index is 11.9. The zero-order valence-corrected chi connectivity index (χ0v) is 13.2. The molecule has 0 amide bonds. The van der Waals surface area contributed by atoms with Gasteiger partial charge in [0.2, 0.25) is 0 Å². The smallest absolute Gasteiger partial charge is 0.342 e. The fourth-order valence-corrected chi connectivity index (χ4v) is 1.79. The molecule has 0 saturated heterocycles. The fourth-order valence-electron chi connectivity index (χ4n) is 1.37. The van der Waals surface area contributed by atoms with E-state index >= 15 is 0 Å². The predicted octanol–water partition coefficient (Wildman–Crippen LogP) is 4.14. The van der Waals surface area contributed by atoms with Crippen molar-refractivity contribution in [1.29, 1.82) is 0 Å². The topological polar surface area (TPSA) is 43.4 Å². The maximum atomic E-state index is 11.9. The Labute approximate surface area is 132 Å². The minimum absolute atomic E-state index is 0.105. The molecule has 0 aromatic heterocycles. The molecule has 20 heavy (non-hydrogen) atoms. The summed E-state index contributed by atoms with van der Waals surface area (Å²) in [4.78, 5) is 23.5. The summed E-state index contributed by atoms with van der Waals surface area (Å²) in [7, 11) is 0. The highest BCUT2D eigenvalue weighted by Crippen LogP contribution is 2.27. The minimum atomic E-state index is -0.735. The number of ether oxygens (including phenoxy) is 1. The molecule has 1 aromatic rings. The van der Waals surface area contributed by atoms with E-state index in [9.17, 15) is 9.59 Å². The van der Waals surface area contributed by atoms with Crippen LogP contribution in [-0.2, 0) is 14.3 Å². The van der Waals surface area contributed by atoms with E-state index in [0.29, 0.717) is 10.6 Å². The number of ketones is 1. The van der Waals surface area contributed by atoms with Crippen LogP contribution in [0.15, 0.2) is 23.8 Å². The molecule has 1 atom stereocenters. The van der Waals surface area contributed by atoms with E-state index in [1.165, 1.54) is 13.0 Å². The van der Waals surface area contributed by atoms with Crippen LogP contribution in [0.4, 0.5) is 0 Å². The monoisotopic (exact) mass is 334 g/mol. The lowest BCUT2D eigenvalue weighted by Gasteiger charge is -2.11. The van der Waals surface area contributed by atoms with Crippen LogP contribution in [0.25, 0.3) is 6.08 Å². The van der Waals surface area contributed by atoms with Crippen molar-refractivity contribution < 1.29 is 14.3 Å². The summed E-state index contributed by atoms with van der Waals surface area (Å²) in [6.07, 6.45) is 0.876. The second-order valence-corrected chi connectivity index (χ2v) is 5.22. The number of hydrogen-bond acceptors (Lipinski definition) is 3. The van der Waals surface area contributed by atoms with Crippen molar-refractivity contribution in [2.75, 3.05) is 5.88 Å². The molecule has 0 aliphatic heterocycles. The van der Waals surface area contributed by atoms with Crippen molar-refractivity contribution in [3.63, 3.8) is 0 Å². The summed E-state index contributed by atoms with van der Waals surface area (Å²) < 4.78 is 5.03. The average Bonchev–Trinajstić information content (AvgIpc) is 2.39. The van der Waals surface area contributed by atoms with E-state index < -0.39 is 17.9 Å². The highest BCUT2D eigenvalue weighted by atomic mass is 35.5. The lowest BCUT2D eigenvalue weighted by Crippen LogP contribution is -2.20. The van der Waals surface area contributed by atoms with E-state index in [-0.39, 0.29) is 16.5 Å². The first kappa shape index (κ1) is 17.0. The van der Waals surface area contributed by atoms with Crippen molar-refractivity contribution >= 4 is 52.6 Å². The van der Waals surface area contributed by atoms with Gasteiger partial charge in [0.15, 0.2) is 5.78 Å². The third kappa shape index (κ3) is 4.51. The number of alkyl halides is 1. The first-order valence-electron chi connectivity index (χ1n) is 5.80. The Kier molecular flexibility index (Phi) is 6.53. The number of halogens is 3. The molecule has 0 aliphatic carbocycles. The largest absolute Gasteiger partial charge is 0.458 e. The van der Waals surface area contributed by atoms with Gasteiger partial charge in [-0.25, -0.2) is 4.79 Å². The molecular weight excluding hydrogens is 323 g/mol. The first-order chi connectivity index (χ1) is 9.36. The van der Waals surface area contributed by atoms with Crippen LogP contribution in [0.2, 0.25) is 10.0 Å². The van der Waals surface area contributed by atoms with Gasteiger partial charge in [0.25, 0.3) is 0 Å². The third-order valence-corrected chi connectivity index (χ3v) is 3.67. The molecule has 3 nitrogen and oxygen atoms in total. The van der Waals surface area contributed by atoms with Crippen molar-refractivity contribution in [2.24, 2.45) is 0 Å². The standard InChI is InChI=1S/C14H13Cl3O3/c1-8(7-15)20-14(19)11(9(2)18)6-10-4-3-5-12(16)13(10)17/h3-6,8H,7H2,1-2H3/b11-6+. The molecule has 0 heterocycles. The molecule has 0 saturated carbocycles. The summed E-state index contributed by atoms with van der Waals surface area (Å²) in [5.41, 5.74) is 0.367. The van der Waals surface area contributed by atoms with Crippen LogP contribution in [0.3, 0.4) is 0 Å². The van der Waals surface area contributed by atoms with Crippen LogP contribution in [-0.4, -0.2) is 23.7 Å². The molecule has 6 heteroatoms. The summed E-state index contributed by atoms with van der Waals surface area (Å²) in [5.74, 6) is -1.01. The van der Waals surface area contributed by atoms with Gasteiger partial charge in [-0.05, 0) is 31.6 Å². The van der Waals surface area contributed by atoms with Crippen molar-refractivity contribution in [3.05, 3.63) is 39.4 Å². The van der Waals surface area contributed by atoms with E-state index in [4.69, 9.17) is 39.5 Å². The summed E-state index contributed by atoms with van der Waals surface area (Å²) in [6.45, 7) is 2.91. The van der Waals surface area contributed by atoms with Gasteiger partial charge in [-0.1, -0.05) is 35.3 Å². The second kappa shape index (κ2) is 7.67. The van der Waals surface area contributed by atoms with Crippen LogP contribution >= 0.6 is 34.8 Å². The van der Waals surface area contributed by atoms with Crippen molar-refractivity contribution in [2.45, 2.75) is 20.0 Å². The Balaban J connectivity index is 3.14. The molecule has 1 unspecified atom stereocenters. The minimum Gasteiger partial charge on any atom is -0.458 e. The first-order valence-corrected chi connectivity index (χ1v) is 7.09. The van der Waals surface area contributed by atoms with Gasteiger partial charge in [0, 0.05) is 0 Å². The number of hydrogen-bond donors (Lipinski definition) is 0. The molecule has 0 bridgehead atoms. The van der Waals surface area contributed by atoms with Crippen molar-refractivity contribution in [3.8, 4) is 0 Å². The molecule has 108 valence electrons. The number of esters is 1. The number of carbonyl (C=O) groups excluding carboxylic acids is 2. The Morgan fingerprint density at radius 1 is 1.35 bits per heavy atom. The quantitative estimate of drug-likeness (QED) is 0.267. The number of carbonyl (C=O) groups is 2. The molecule has 0 spiro atoms. The number of rotatable bonds is 5. The lowest BCUT2D eigenvalue weighted by atomic mass is 10.1. The molecule has 0 radical (unpaired) electrons. The van der Waals surface area contributed by atoms with Gasteiger partial charge in [0.1, 0.15) is 11.7 Å². The van der Waals surface area contributed by atoms with Gasteiger partial charge < -0.3 is 4.74 Å². The Morgan fingerprint density at radius 3 is 2.55 bits per heavy atom. The summed E-state index contributed by atoms with van der Waals surface area (Å²) in [5, 5.41) is 0.608. The lowest BCUT2D eigenvalue weighted by molar-refractivity contribution is -0.143. The van der Waals surface area contributed by atoms with Gasteiger partial charge in [-0.2, -0.15) is 0 Å². The molecule has 0 N–H and O–H groups in total. The molecule has 0 fully saturated rings. The van der Waals surface area contributed by atoms with Gasteiger partial charge in [0.05, 0.1) is 15.9 Å².